The third-order valence-electron chi connectivity index (χ3n) is 3.86. The van der Waals surface area contributed by atoms with Gasteiger partial charge in [-0.15, -0.1) is 0 Å². The smallest absolute Gasteiger partial charge is 0.338 e. The second-order valence-electron chi connectivity index (χ2n) is 5.55. The zero-order chi connectivity index (χ0) is 17.2. The molecule has 130 valence electrons. The van der Waals surface area contributed by atoms with Crippen LogP contribution in [0.15, 0.2) is 12.3 Å². The third kappa shape index (κ3) is 3.81. The van der Waals surface area contributed by atoms with Crippen LogP contribution < -0.4 is 4.90 Å². The molecular weight excluding hydrogens is 323 g/mol. The fourth-order valence-corrected chi connectivity index (χ4v) is 2.54. The number of aromatic nitrogens is 5. The van der Waals surface area contributed by atoms with Crippen LogP contribution in [0.3, 0.4) is 0 Å². The van der Waals surface area contributed by atoms with E-state index in [0.29, 0.717) is 32.7 Å². The molecule has 0 amide bonds. The van der Waals surface area contributed by atoms with Crippen LogP contribution in [0, 0.1) is 0 Å². The van der Waals surface area contributed by atoms with Gasteiger partial charge in [-0.1, -0.05) is 6.92 Å². The average molecular weight is 341 g/mol. The van der Waals surface area contributed by atoms with Gasteiger partial charge < -0.3 is 4.90 Å². The Morgan fingerprint density at radius 2 is 1.92 bits per heavy atom. The van der Waals surface area contributed by atoms with Crippen molar-refractivity contribution in [1.82, 2.24) is 30.0 Å². The largest absolute Gasteiger partial charge is 0.433 e. The zero-order valence-corrected chi connectivity index (χ0v) is 13.2. The minimum atomic E-state index is -4.46. The number of halogens is 3. The van der Waals surface area contributed by atoms with Gasteiger partial charge in [-0.05, 0) is 6.07 Å². The van der Waals surface area contributed by atoms with Crippen LogP contribution in [0.5, 0.6) is 0 Å². The molecule has 1 N–H and O–H groups in total. The topological polar surface area (TPSA) is 73.8 Å². The average Bonchev–Trinajstić information content (AvgIpc) is 3.02. The lowest BCUT2D eigenvalue weighted by Crippen LogP contribution is -2.46. The highest BCUT2D eigenvalue weighted by Crippen LogP contribution is 2.28. The monoisotopic (exact) mass is 341 g/mol. The van der Waals surface area contributed by atoms with Gasteiger partial charge in [0.05, 0.1) is 6.54 Å². The van der Waals surface area contributed by atoms with E-state index in [2.05, 4.69) is 30.0 Å². The molecule has 1 saturated heterocycles. The number of nitrogens with one attached hydrogen (secondary N) is 1. The Morgan fingerprint density at radius 3 is 2.54 bits per heavy atom. The molecule has 0 aromatic carbocycles. The van der Waals surface area contributed by atoms with E-state index in [1.165, 1.54) is 0 Å². The van der Waals surface area contributed by atoms with Gasteiger partial charge in [0.25, 0.3) is 0 Å². The minimum Gasteiger partial charge on any atom is -0.338 e. The van der Waals surface area contributed by atoms with E-state index in [0.717, 1.165) is 30.3 Å². The first-order valence-electron chi connectivity index (χ1n) is 7.73. The van der Waals surface area contributed by atoms with Crippen molar-refractivity contribution in [2.24, 2.45) is 0 Å². The predicted molar refractivity (Wildman–Crippen MR) is 80.3 cm³/mol. The van der Waals surface area contributed by atoms with Crippen LogP contribution in [0.2, 0.25) is 0 Å². The van der Waals surface area contributed by atoms with Crippen LogP contribution in [-0.2, 0) is 19.1 Å². The van der Waals surface area contributed by atoms with Gasteiger partial charge in [0.2, 0.25) is 5.95 Å². The molecule has 1 aliphatic rings. The Kier molecular flexibility index (Phi) is 4.65. The predicted octanol–water partition coefficient (Wildman–Crippen LogP) is 1.50. The molecule has 10 heteroatoms. The van der Waals surface area contributed by atoms with Crippen LogP contribution in [0.4, 0.5) is 19.1 Å². The molecule has 2 aromatic heterocycles. The number of rotatable bonds is 4. The van der Waals surface area contributed by atoms with Crippen LogP contribution in [0.25, 0.3) is 0 Å². The summed E-state index contributed by atoms with van der Waals surface area (Å²) in [5, 5.41) is 7.00. The Balaban J connectivity index is 1.59. The summed E-state index contributed by atoms with van der Waals surface area (Å²) in [4.78, 5) is 15.9. The Labute approximate surface area is 136 Å². The minimum absolute atomic E-state index is 0.123. The van der Waals surface area contributed by atoms with Gasteiger partial charge >= 0.3 is 6.18 Å². The molecule has 0 bridgehead atoms. The number of alkyl halides is 3. The fraction of sp³-hybridized carbons (Fsp3) is 0.571. The number of aromatic amines is 1. The number of nitrogens with zero attached hydrogens (tertiary/aromatic N) is 6. The van der Waals surface area contributed by atoms with E-state index >= 15 is 0 Å². The summed E-state index contributed by atoms with van der Waals surface area (Å²) in [6.45, 7) is 5.15. The fourth-order valence-electron chi connectivity index (χ4n) is 2.54. The molecule has 0 unspecified atom stereocenters. The van der Waals surface area contributed by atoms with Crippen molar-refractivity contribution in [2.75, 3.05) is 31.1 Å². The van der Waals surface area contributed by atoms with E-state index in [4.69, 9.17) is 0 Å². The Morgan fingerprint density at radius 1 is 1.17 bits per heavy atom. The lowest BCUT2D eigenvalue weighted by molar-refractivity contribution is -0.141. The van der Waals surface area contributed by atoms with E-state index in [9.17, 15) is 13.2 Å². The maximum Gasteiger partial charge on any atom is 0.433 e. The van der Waals surface area contributed by atoms with Crippen molar-refractivity contribution < 1.29 is 13.2 Å². The molecule has 24 heavy (non-hydrogen) atoms. The van der Waals surface area contributed by atoms with Crippen molar-refractivity contribution >= 4 is 5.95 Å². The maximum absolute atomic E-state index is 12.7. The van der Waals surface area contributed by atoms with Crippen molar-refractivity contribution in [3.63, 3.8) is 0 Å². The van der Waals surface area contributed by atoms with Gasteiger partial charge in [0.15, 0.2) is 0 Å². The number of hydrogen-bond donors (Lipinski definition) is 1. The molecule has 3 rings (SSSR count). The summed E-state index contributed by atoms with van der Waals surface area (Å²) in [5.74, 6) is 1.70. The number of aryl methyl sites for hydroxylation is 1. The van der Waals surface area contributed by atoms with E-state index in [1.807, 2.05) is 6.92 Å². The van der Waals surface area contributed by atoms with E-state index < -0.39 is 11.9 Å². The first kappa shape index (κ1) is 16.6. The highest BCUT2D eigenvalue weighted by Gasteiger charge is 2.33. The van der Waals surface area contributed by atoms with Crippen molar-refractivity contribution in [1.29, 1.82) is 0 Å². The summed E-state index contributed by atoms with van der Waals surface area (Å²) in [6, 6.07) is 0.884. The van der Waals surface area contributed by atoms with Gasteiger partial charge in [-0.2, -0.15) is 18.3 Å². The molecule has 0 saturated carbocycles. The number of anilines is 1. The molecule has 1 fully saturated rings. The first-order valence-corrected chi connectivity index (χ1v) is 7.73. The molecule has 3 heterocycles. The highest BCUT2D eigenvalue weighted by molar-refractivity contribution is 5.31. The molecule has 0 atom stereocenters. The van der Waals surface area contributed by atoms with Crippen molar-refractivity contribution in [3.05, 3.63) is 29.6 Å². The van der Waals surface area contributed by atoms with Gasteiger partial charge in [-0.3, -0.25) is 10.00 Å². The molecule has 0 radical (unpaired) electrons. The normalized spacial score (nSPS) is 16.6. The van der Waals surface area contributed by atoms with Crippen LogP contribution in [-0.4, -0.2) is 56.2 Å². The Bertz CT molecular complexity index is 677. The first-order chi connectivity index (χ1) is 11.5. The quantitative estimate of drug-likeness (QED) is 0.908. The standard InChI is InChI=1S/C14H18F3N7/c1-2-11-20-12(22-21-11)9-23-5-7-24(8-6-23)13-18-4-3-10(19-13)14(15,16)17/h3-4H,2,5-9H2,1H3,(H,20,21,22). The molecule has 2 aromatic rings. The molecule has 0 aliphatic carbocycles. The Hall–Kier alpha value is -2.23. The third-order valence-corrected chi connectivity index (χ3v) is 3.86. The van der Waals surface area contributed by atoms with Gasteiger partial charge in [0.1, 0.15) is 17.3 Å². The SMILES string of the molecule is CCc1n[nH]c(CN2CCN(c3nccc(C(F)(F)F)n3)CC2)n1. The number of piperazine rings is 1. The summed E-state index contributed by atoms with van der Waals surface area (Å²) in [7, 11) is 0. The summed E-state index contributed by atoms with van der Waals surface area (Å²) < 4.78 is 38.2. The number of hydrogen-bond acceptors (Lipinski definition) is 6. The number of H-pyrrole nitrogens is 1. The van der Waals surface area contributed by atoms with Crippen molar-refractivity contribution in [2.45, 2.75) is 26.1 Å². The highest BCUT2D eigenvalue weighted by atomic mass is 19.4. The summed E-state index contributed by atoms with van der Waals surface area (Å²) in [5.41, 5.74) is -0.913. The molecular formula is C14H18F3N7. The van der Waals surface area contributed by atoms with E-state index in [-0.39, 0.29) is 5.95 Å². The van der Waals surface area contributed by atoms with Gasteiger partial charge in [-0.25, -0.2) is 15.0 Å². The van der Waals surface area contributed by atoms with Crippen molar-refractivity contribution in [3.8, 4) is 0 Å². The lowest BCUT2D eigenvalue weighted by atomic mass is 10.3. The van der Waals surface area contributed by atoms with E-state index in [1.54, 1.807) is 4.90 Å². The van der Waals surface area contributed by atoms with Crippen LogP contribution >= 0.6 is 0 Å². The zero-order valence-electron chi connectivity index (χ0n) is 13.2. The molecule has 1 aliphatic heterocycles. The van der Waals surface area contributed by atoms with Crippen LogP contribution in [0.1, 0.15) is 24.3 Å². The molecule has 7 nitrogen and oxygen atoms in total. The summed E-state index contributed by atoms with van der Waals surface area (Å²) in [6.07, 6.45) is -2.53. The summed E-state index contributed by atoms with van der Waals surface area (Å²) >= 11 is 0. The molecule has 0 spiro atoms. The second kappa shape index (κ2) is 6.71. The maximum atomic E-state index is 12.7. The second-order valence-corrected chi connectivity index (χ2v) is 5.55. The lowest BCUT2D eigenvalue weighted by Gasteiger charge is -2.34. The van der Waals surface area contributed by atoms with Gasteiger partial charge in [0, 0.05) is 38.8 Å².